The molecule has 0 aliphatic heterocycles. The van der Waals surface area contributed by atoms with E-state index in [1.54, 1.807) is 26.1 Å². The van der Waals surface area contributed by atoms with Gasteiger partial charge in [0.1, 0.15) is 17.3 Å². The second kappa shape index (κ2) is 3.44. The van der Waals surface area contributed by atoms with Crippen molar-refractivity contribution >= 4 is 5.82 Å². The zero-order chi connectivity index (χ0) is 11.9. The van der Waals surface area contributed by atoms with Gasteiger partial charge in [0.2, 0.25) is 0 Å². The molecular formula is C11H13N3O2. The minimum Gasteiger partial charge on any atom is -0.508 e. The first-order valence-corrected chi connectivity index (χ1v) is 4.82. The fraction of sp³-hybridized carbons (Fsp3) is 0.182. The molecule has 4 N–H and O–H groups in total. The molecule has 16 heavy (non-hydrogen) atoms. The minimum absolute atomic E-state index is 0.0260. The Morgan fingerprint density at radius 2 is 2.00 bits per heavy atom. The van der Waals surface area contributed by atoms with Gasteiger partial charge < -0.3 is 15.9 Å². The Kier molecular flexibility index (Phi) is 2.23. The third-order valence-corrected chi connectivity index (χ3v) is 2.59. The van der Waals surface area contributed by atoms with Crippen molar-refractivity contribution in [3.05, 3.63) is 23.8 Å². The highest BCUT2D eigenvalue weighted by atomic mass is 16.3. The molecule has 2 rings (SSSR count). The molecule has 0 spiro atoms. The maximum atomic E-state index is 9.88. The van der Waals surface area contributed by atoms with Crippen LogP contribution in [0.25, 0.3) is 11.3 Å². The summed E-state index contributed by atoms with van der Waals surface area (Å²) in [6.45, 7) is 1.64. The van der Waals surface area contributed by atoms with Crippen molar-refractivity contribution in [2.24, 2.45) is 7.05 Å². The van der Waals surface area contributed by atoms with E-state index in [1.807, 2.05) is 0 Å². The molecule has 2 aromatic rings. The van der Waals surface area contributed by atoms with Gasteiger partial charge in [-0.1, -0.05) is 0 Å². The van der Waals surface area contributed by atoms with E-state index in [1.165, 1.54) is 10.7 Å². The number of hydrogen-bond acceptors (Lipinski definition) is 4. The van der Waals surface area contributed by atoms with E-state index >= 15 is 0 Å². The first-order valence-electron chi connectivity index (χ1n) is 4.82. The molecule has 1 aromatic heterocycles. The molecule has 1 heterocycles. The van der Waals surface area contributed by atoms with Crippen LogP contribution < -0.4 is 5.73 Å². The molecule has 0 aliphatic carbocycles. The summed E-state index contributed by atoms with van der Waals surface area (Å²) < 4.78 is 1.52. The summed E-state index contributed by atoms with van der Waals surface area (Å²) in [6, 6.07) is 4.81. The Bertz CT molecular complexity index is 527. The molecule has 84 valence electrons. The molecular weight excluding hydrogens is 206 g/mol. The maximum Gasteiger partial charge on any atom is 0.131 e. The van der Waals surface area contributed by atoms with Gasteiger partial charge >= 0.3 is 0 Å². The number of benzene rings is 1. The van der Waals surface area contributed by atoms with Gasteiger partial charge in [0.15, 0.2) is 0 Å². The molecule has 0 saturated carbocycles. The molecule has 5 heteroatoms. The molecule has 0 amide bonds. The van der Waals surface area contributed by atoms with E-state index in [2.05, 4.69) is 5.10 Å². The fourth-order valence-corrected chi connectivity index (χ4v) is 1.51. The molecule has 0 aliphatic rings. The topological polar surface area (TPSA) is 84.3 Å². The number of aryl methyl sites for hydroxylation is 1. The van der Waals surface area contributed by atoms with Crippen LogP contribution in [0, 0.1) is 6.92 Å². The zero-order valence-corrected chi connectivity index (χ0v) is 9.10. The lowest BCUT2D eigenvalue weighted by Gasteiger charge is -2.06. The minimum atomic E-state index is 0.0260. The predicted octanol–water partition coefficient (Wildman–Crippen LogP) is 1.39. The number of nitrogens with zero attached hydrogens (tertiary/aromatic N) is 2. The van der Waals surface area contributed by atoms with Crippen molar-refractivity contribution in [1.82, 2.24) is 9.78 Å². The van der Waals surface area contributed by atoms with Crippen LogP contribution in [0.4, 0.5) is 5.82 Å². The number of rotatable bonds is 1. The Morgan fingerprint density at radius 3 is 2.56 bits per heavy atom. The Hall–Kier alpha value is -2.17. The number of nitrogen functional groups attached to an aromatic ring is 1. The van der Waals surface area contributed by atoms with E-state index in [9.17, 15) is 10.2 Å². The van der Waals surface area contributed by atoms with E-state index in [4.69, 9.17) is 5.73 Å². The van der Waals surface area contributed by atoms with Gasteiger partial charge in [-0.25, -0.2) is 0 Å². The van der Waals surface area contributed by atoms with Crippen LogP contribution in [-0.2, 0) is 7.05 Å². The van der Waals surface area contributed by atoms with E-state index in [-0.39, 0.29) is 11.5 Å². The normalized spacial score (nSPS) is 10.6. The summed E-state index contributed by atoms with van der Waals surface area (Å²) >= 11 is 0. The predicted molar refractivity (Wildman–Crippen MR) is 61.1 cm³/mol. The van der Waals surface area contributed by atoms with Crippen LogP contribution in [0.1, 0.15) is 5.56 Å². The van der Waals surface area contributed by atoms with E-state index in [0.717, 1.165) is 0 Å². The average molecular weight is 219 g/mol. The number of hydrogen-bond donors (Lipinski definition) is 3. The zero-order valence-electron chi connectivity index (χ0n) is 9.10. The monoisotopic (exact) mass is 219 g/mol. The van der Waals surface area contributed by atoms with Gasteiger partial charge in [-0.05, 0) is 19.1 Å². The third-order valence-electron chi connectivity index (χ3n) is 2.59. The Labute approximate surface area is 92.8 Å². The number of phenolic OH excluding ortho intramolecular Hbond substituents is 2. The summed E-state index contributed by atoms with van der Waals surface area (Å²) in [6.07, 6.45) is 0. The van der Waals surface area contributed by atoms with Crippen LogP contribution in [-0.4, -0.2) is 20.0 Å². The van der Waals surface area contributed by atoms with Gasteiger partial charge in [0, 0.05) is 24.2 Å². The molecule has 0 atom stereocenters. The first kappa shape index (κ1) is 10.4. The summed E-state index contributed by atoms with van der Waals surface area (Å²) in [7, 11) is 1.73. The van der Waals surface area contributed by atoms with E-state index in [0.29, 0.717) is 22.6 Å². The first-order chi connectivity index (χ1) is 7.50. The van der Waals surface area contributed by atoms with Crippen molar-refractivity contribution in [1.29, 1.82) is 0 Å². The maximum absolute atomic E-state index is 9.88. The van der Waals surface area contributed by atoms with Crippen molar-refractivity contribution in [2.75, 3.05) is 5.73 Å². The second-order valence-corrected chi connectivity index (χ2v) is 3.68. The fourth-order valence-electron chi connectivity index (χ4n) is 1.51. The van der Waals surface area contributed by atoms with Crippen molar-refractivity contribution in [3.63, 3.8) is 0 Å². The Balaban J connectivity index is 2.61. The lowest BCUT2D eigenvalue weighted by atomic mass is 10.1. The smallest absolute Gasteiger partial charge is 0.131 e. The number of aromatic hydroxyl groups is 2. The lowest BCUT2D eigenvalue weighted by molar-refractivity contribution is 0.444. The largest absolute Gasteiger partial charge is 0.508 e. The summed E-state index contributed by atoms with van der Waals surface area (Å²) in [4.78, 5) is 0. The van der Waals surface area contributed by atoms with Gasteiger partial charge in [-0.3, -0.25) is 4.68 Å². The average Bonchev–Trinajstić information content (AvgIpc) is 2.56. The van der Waals surface area contributed by atoms with Crippen molar-refractivity contribution in [3.8, 4) is 22.8 Å². The molecule has 0 unspecified atom stereocenters. The van der Waals surface area contributed by atoms with Crippen LogP contribution in [0.15, 0.2) is 18.2 Å². The third kappa shape index (κ3) is 1.46. The molecule has 0 saturated heterocycles. The number of phenols is 2. The van der Waals surface area contributed by atoms with Crippen LogP contribution >= 0.6 is 0 Å². The summed E-state index contributed by atoms with van der Waals surface area (Å²) in [5.41, 5.74) is 7.24. The second-order valence-electron chi connectivity index (χ2n) is 3.68. The standard InChI is InChI=1S/C11H13N3O2/c1-6-9(15)4-3-7(11(6)16)8-5-10(12)14(2)13-8/h3-5,15-16H,12H2,1-2H3. The quantitative estimate of drug-likeness (QED) is 0.676. The Morgan fingerprint density at radius 1 is 1.31 bits per heavy atom. The molecule has 5 nitrogen and oxygen atoms in total. The van der Waals surface area contributed by atoms with Crippen molar-refractivity contribution < 1.29 is 10.2 Å². The molecule has 0 fully saturated rings. The lowest BCUT2D eigenvalue weighted by Crippen LogP contribution is -1.96. The molecule has 0 radical (unpaired) electrons. The van der Waals surface area contributed by atoms with E-state index < -0.39 is 0 Å². The van der Waals surface area contributed by atoms with Crippen LogP contribution in [0.2, 0.25) is 0 Å². The molecule has 0 bridgehead atoms. The van der Waals surface area contributed by atoms with Gasteiger partial charge in [0.05, 0.1) is 5.69 Å². The number of anilines is 1. The number of nitrogens with two attached hydrogens (primary N) is 1. The molecule has 1 aromatic carbocycles. The number of aromatic nitrogens is 2. The van der Waals surface area contributed by atoms with Crippen molar-refractivity contribution in [2.45, 2.75) is 6.92 Å². The summed E-state index contributed by atoms with van der Waals surface area (Å²) in [5.74, 6) is 0.600. The van der Waals surface area contributed by atoms with Gasteiger partial charge in [-0.15, -0.1) is 0 Å². The van der Waals surface area contributed by atoms with Crippen LogP contribution in [0.3, 0.4) is 0 Å². The highest BCUT2D eigenvalue weighted by molar-refractivity contribution is 5.72. The highest BCUT2D eigenvalue weighted by Crippen LogP contribution is 2.36. The van der Waals surface area contributed by atoms with Crippen LogP contribution in [0.5, 0.6) is 11.5 Å². The van der Waals surface area contributed by atoms with Gasteiger partial charge in [0.25, 0.3) is 0 Å². The summed E-state index contributed by atoms with van der Waals surface area (Å²) in [5, 5.41) is 23.5. The highest BCUT2D eigenvalue weighted by Gasteiger charge is 2.13. The SMILES string of the molecule is Cc1c(O)ccc(-c2cc(N)n(C)n2)c1O. The van der Waals surface area contributed by atoms with Gasteiger partial charge in [-0.2, -0.15) is 5.10 Å².